The Morgan fingerprint density at radius 1 is 0.357 bits per heavy atom. The molecule has 10 aromatic rings. The summed E-state index contributed by atoms with van der Waals surface area (Å²) in [6.07, 6.45) is 5.76. The zero-order valence-corrected chi connectivity index (χ0v) is 30.9. The molecule has 56 heavy (non-hydrogen) atoms. The lowest BCUT2D eigenvalue weighted by atomic mass is 9.97. The monoisotopic (exact) mass is 714 g/mol. The van der Waals surface area contributed by atoms with Crippen molar-refractivity contribution >= 4 is 49.2 Å². The summed E-state index contributed by atoms with van der Waals surface area (Å²) in [4.78, 5) is 0. The van der Waals surface area contributed by atoms with Gasteiger partial charge in [-0.15, -0.1) is 0 Å². The van der Waals surface area contributed by atoms with Gasteiger partial charge in [0.05, 0.1) is 22.1 Å². The molecule has 2 nitrogen and oxygen atoms in total. The molecule has 0 aliphatic heterocycles. The number of fused-ring (bicyclic) bond motifs is 6. The number of hydrogen-bond acceptors (Lipinski definition) is 0. The molecule has 0 spiro atoms. The molecule has 2 heterocycles. The van der Waals surface area contributed by atoms with Crippen LogP contribution in [0.25, 0.3) is 93.9 Å². The van der Waals surface area contributed by atoms with E-state index in [1.54, 1.807) is 0 Å². The van der Waals surface area contributed by atoms with E-state index < -0.39 is 0 Å². The average molecular weight is 715 g/mol. The zero-order valence-electron chi connectivity index (χ0n) is 30.9. The first kappa shape index (κ1) is 33.2. The summed E-state index contributed by atoms with van der Waals surface area (Å²) in [6, 6.07) is 68.2. The van der Waals surface area contributed by atoms with Gasteiger partial charge < -0.3 is 9.13 Å². The Kier molecular flexibility index (Phi) is 8.16. The maximum atomic E-state index is 4.15. The third-order valence-electron chi connectivity index (χ3n) is 11.0. The lowest BCUT2D eigenvalue weighted by Gasteiger charge is -2.15. The normalized spacial score (nSPS) is 11.8. The van der Waals surface area contributed by atoms with Crippen LogP contribution in [0, 0.1) is 0 Å². The SMILES string of the molecule is C=CC=C(C=C)c1cc(-c2ccccc2)cc(-n2c3ccccc3c3ccc(-c4ccc5c(c4)c4ccccc4n5-c4ccc(-c5ccccc5)cc4)cc32)c1. The number of hydrogen-bond donors (Lipinski definition) is 0. The molecule has 0 aliphatic rings. The summed E-state index contributed by atoms with van der Waals surface area (Å²) in [6.45, 7) is 8.13. The summed E-state index contributed by atoms with van der Waals surface area (Å²) < 4.78 is 4.81. The Morgan fingerprint density at radius 3 is 1.55 bits per heavy atom. The van der Waals surface area contributed by atoms with Gasteiger partial charge in [-0.25, -0.2) is 0 Å². The Labute approximate surface area is 326 Å². The third kappa shape index (κ3) is 5.59. The fourth-order valence-corrected chi connectivity index (χ4v) is 8.41. The molecule has 0 radical (unpaired) electrons. The molecule has 0 saturated carbocycles. The molecule has 0 fully saturated rings. The minimum absolute atomic E-state index is 1.03. The van der Waals surface area contributed by atoms with E-state index in [-0.39, 0.29) is 0 Å². The van der Waals surface area contributed by atoms with Crippen molar-refractivity contribution in [3.63, 3.8) is 0 Å². The van der Waals surface area contributed by atoms with Crippen molar-refractivity contribution < 1.29 is 0 Å². The van der Waals surface area contributed by atoms with Crippen molar-refractivity contribution in [1.29, 1.82) is 0 Å². The summed E-state index contributed by atoms with van der Waals surface area (Å²) in [5.41, 5.74) is 16.2. The lowest BCUT2D eigenvalue weighted by Crippen LogP contribution is -1.97. The number of benzene rings is 8. The number of allylic oxidation sites excluding steroid dienone is 4. The van der Waals surface area contributed by atoms with Crippen LogP contribution in [0.1, 0.15) is 5.56 Å². The predicted molar refractivity (Wildman–Crippen MR) is 240 cm³/mol. The van der Waals surface area contributed by atoms with Gasteiger partial charge in [-0.3, -0.25) is 0 Å². The van der Waals surface area contributed by atoms with Gasteiger partial charge in [0, 0.05) is 32.9 Å². The highest BCUT2D eigenvalue weighted by Crippen LogP contribution is 2.39. The molecule has 8 aromatic carbocycles. The molecule has 264 valence electrons. The zero-order chi connectivity index (χ0) is 37.6. The highest BCUT2D eigenvalue weighted by molar-refractivity contribution is 6.12. The molecule has 0 amide bonds. The van der Waals surface area contributed by atoms with E-state index in [9.17, 15) is 0 Å². The number of aromatic nitrogens is 2. The second-order valence-corrected chi connectivity index (χ2v) is 14.3. The van der Waals surface area contributed by atoms with Crippen molar-refractivity contribution in [3.05, 3.63) is 225 Å². The minimum atomic E-state index is 1.03. The molecule has 10 rings (SSSR count). The largest absolute Gasteiger partial charge is 0.309 e. The number of nitrogens with zero attached hydrogens (tertiary/aromatic N) is 2. The van der Waals surface area contributed by atoms with Crippen molar-refractivity contribution in [2.75, 3.05) is 0 Å². The van der Waals surface area contributed by atoms with Crippen molar-refractivity contribution in [2.45, 2.75) is 0 Å². The molecule has 0 aliphatic carbocycles. The van der Waals surface area contributed by atoms with Gasteiger partial charge >= 0.3 is 0 Å². The second-order valence-electron chi connectivity index (χ2n) is 14.3. The molecule has 0 saturated heterocycles. The third-order valence-corrected chi connectivity index (χ3v) is 11.0. The van der Waals surface area contributed by atoms with E-state index >= 15 is 0 Å². The molecule has 0 bridgehead atoms. The van der Waals surface area contributed by atoms with Crippen molar-refractivity contribution in [1.82, 2.24) is 9.13 Å². The molecule has 0 unspecified atom stereocenters. The quantitative estimate of drug-likeness (QED) is 0.139. The molecule has 2 heteroatoms. The van der Waals surface area contributed by atoms with Gasteiger partial charge in [0.25, 0.3) is 0 Å². The molecule has 2 aromatic heterocycles. The van der Waals surface area contributed by atoms with Crippen LogP contribution in [-0.4, -0.2) is 9.13 Å². The van der Waals surface area contributed by atoms with Crippen LogP contribution in [0.3, 0.4) is 0 Å². The summed E-state index contributed by atoms with van der Waals surface area (Å²) in [5, 5.41) is 4.92. The van der Waals surface area contributed by atoms with Crippen LogP contribution in [0.4, 0.5) is 0 Å². The topological polar surface area (TPSA) is 9.86 Å². The highest BCUT2D eigenvalue weighted by atomic mass is 15.0. The van der Waals surface area contributed by atoms with Crippen molar-refractivity contribution in [2.24, 2.45) is 0 Å². The van der Waals surface area contributed by atoms with Gasteiger partial charge in [0.15, 0.2) is 0 Å². The molecular formula is C54H38N2. The van der Waals surface area contributed by atoms with E-state index in [1.165, 1.54) is 65.9 Å². The number of rotatable bonds is 8. The first-order valence-corrected chi connectivity index (χ1v) is 19.1. The number of para-hydroxylation sites is 2. The summed E-state index contributed by atoms with van der Waals surface area (Å²) in [7, 11) is 0. The van der Waals surface area contributed by atoms with Gasteiger partial charge in [-0.1, -0.05) is 159 Å². The fourth-order valence-electron chi connectivity index (χ4n) is 8.41. The van der Waals surface area contributed by atoms with E-state index in [0.29, 0.717) is 0 Å². The summed E-state index contributed by atoms with van der Waals surface area (Å²) >= 11 is 0. The molecule has 0 N–H and O–H groups in total. The maximum Gasteiger partial charge on any atom is 0.0547 e. The predicted octanol–water partition coefficient (Wildman–Crippen LogP) is 14.6. The van der Waals surface area contributed by atoms with Gasteiger partial charge in [0.2, 0.25) is 0 Å². The van der Waals surface area contributed by atoms with E-state index in [2.05, 4.69) is 210 Å². The standard InChI is InChI=1S/C54H38N2/c1-3-15-37(4-2)43-32-44(39-18-9-6-10-19-39)34-46(33-43)56-51-22-13-11-20-47(51)49-30-26-42(36-54(49)56)41-27-31-53-50(35-41)48-21-12-14-23-52(48)55(53)45-28-24-40(25-29-45)38-16-7-5-8-17-38/h3-36H,1-2H2. The average Bonchev–Trinajstić information content (AvgIpc) is 3.78. The Hall–Kier alpha value is -7.42. The summed E-state index contributed by atoms with van der Waals surface area (Å²) in [5.74, 6) is 0. The van der Waals surface area contributed by atoms with Gasteiger partial charge in [-0.2, -0.15) is 0 Å². The van der Waals surface area contributed by atoms with Crippen LogP contribution in [0.2, 0.25) is 0 Å². The highest BCUT2D eigenvalue weighted by Gasteiger charge is 2.17. The van der Waals surface area contributed by atoms with Crippen LogP contribution in [-0.2, 0) is 0 Å². The fraction of sp³-hybridized carbons (Fsp3) is 0. The first-order valence-electron chi connectivity index (χ1n) is 19.1. The van der Waals surface area contributed by atoms with Gasteiger partial charge in [-0.05, 0) is 105 Å². The van der Waals surface area contributed by atoms with Crippen LogP contribution < -0.4 is 0 Å². The molecule has 0 atom stereocenters. The van der Waals surface area contributed by atoms with Crippen molar-refractivity contribution in [3.8, 4) is 44.8 Å². The Bertz CT molecular complexity index is 3140. The van der Waals surface area contributed by atoms with Crippen LogP contribution in [0.5, 0.6) is 0 Å². The minimum Gasteiger partial charge on any atom is -0.309 e. The van der Waals surface area contributed by atoms with Crippen LogP contribution >= 0.6 is 0 Å². The Balaban J connectivity index is 1.15. The molecular weight excluding hydrogens is 677 g/mol. The second kappa shape index (κ2) is 13.8. The first-order chi connectivity index (χ1) is 27.7. The van der Waals surface area contributed by atoms with E-state index in [4.69, 9.17) is 0 Å². The lowest BCUT2D eigenvalue weighted by molar-refractivity contribution is 1.18. The maximum absolute atomic E-state index is 4.15. The van der Waals surface area contributed by atoms with Crippen LogP contribution in [0.15, 0.2) is 219 Å². The van der Waals surface area contributed by atoms with Gasteiger partial charge in [0.1, 0.15) is 0 Å². The van der Waals surface area contributed by atoms with E-state index in [1.807, 2.05) is 18.2 Å². The Morgan fingerprint density at radius 2 is 0.875 bits per heavy atom. The smallest absolute Gasteiger partial charge is 0.0547 e. The van der Waals surface area contributed by atoms with E-state index in [0.717, 1.165) is 33.6 Å².